The highest BCUT2D eigenvalue weighted by Gasteiger charge is 2.15. The Labute approximate surface area is 71.2 Å². The van der Waals surface area contributed by atoms with E-state index in [0.29, 0.717) is 5.37 Å². The Hall–Kier alpha value is -0.470. The summed E-state index contributed by atoms with van der Waals surface area (Å²) in [6.45, 7) is 2.11. The van der Waals surface area contributed by atoms with Gasteiger partial charge in [-0.15, -0.1) is 11.8 Å². The minimum Gasteiger partial charge on any atom is -0.296 e. The van der Waals surface area contributed by atoms with Crippen molar-refractivity contribution in [3.05, 3.63) is 42.4 Å². The molecule has 1 unspecified atom stereocenters. The van der Waals surface area contributed by atoms with Crippen LogP contribution in [0.2, 0.25) is 0 Å². The van der Waals surface area contributed by atoms with Crippen molar-refractivity contribution in [2.24, 2.45) is 0 Å². The van der Waals surface area contributed by atoms with Crippen molar-refractivity contribution in [1.82, 2.24) is 5.32 Å². The van der Waals surface area contributed by atoms with Crippen LogP contribution in [0, 0.1) is 6.54 Å². The van der Waals surface area contributed by atoms with Crippen LogP contribution in [0.25, 0.3) is 0 Å². The SMILES string of the molecule is [CH]1CSC(c2ccccc2)N1. The first kappa shape index (κ1) is 7.19. The quantitative estimate of drug-likeness (QED) is 0.682. The zero-order chi connectivity index (χ0) is 7.52. The van der Waals surface area contributed by atoms with Crippen LogP contribution in [0.1, 0.15) is 10.9 Å². The summed E-state index contributed by atoms with van der Waals surface area (Å²) in [4.78, 5) is 0. The Morgan fingerprint density at radius 2 is 2.09 bits per heavy atom. The molecule has 0 bridgehead atoms. The maximum Gasteiger partial charge on any atom is 0.0792 e. The molecule has 57 valence electrons. The summed E-state index contributed by atoms with van der Waals surface area (Å²) in [5.41, 5.74) is 1.37. The van der Waals surface area contributed by atoms with Crippen LogP contribution in [0.5, 0.6) is 0 Å². The molecular weight excluding hydrogens is 154 g/mol. The van der Waals surface area contributed by atoms with Crippen molar-refractivity contribution in [3.63, 3.8) is 0 Å². The van der Waals surface area contributed by atoms with Crippen molar-refractivity contribution >= 4 is 11.8 Å². The fourth-order valence-electron chi connectivity index (χ4n) is 1.17. The van der Waals surface area contributed by atoms with Gasteiger partial charge in [-0.05, 0) is 5.56 Å². The third-order valence-electron chi connectivity index (χ3n) is 1.72. The van der Waals surface area contributed by atoms with Crippen LogP contribution in [0.15, 0.2) is 30.3 Å². The minimum atomic E-state index is 0.483. The minimum absolute atomic E-state index is 0.483. The lowest BCUT2D eigenvalue weighted by Gasteiger charge is -2.07. The topological polar surface area (TPSA) is 12.0 Å². The predicted molar refractivity (Wildman–Crippen MR) is 49.1 cm³/mol. The van der Waals surface area contributed by atoms with Gasteiger partial charge in [0.1, 0.15) is 0 Å². The molecule has 1 nitrogen and oxygen atoms in total. The van der Waals surface area contributed by atoms with E-state index in [0.717, 1.165) is 5.75 Å². The maximum atomic E-state index is 3.31. The first-order valence-corrected chi connectivity index (χ1v) is 4.76. The number of rotatable bonds is 1. The van der Waals surface area contributed by atoms with Crippen LogP contribution in [-0.4, -0.2) is 5.75 Å². The van der Waals surface area contributed by atoms with Crippen LogP contribution in [-0.2, 0) is 0 Å². The molecule has 0 aromatic heterocycles. The summed E-state index contributed by atoms with van der Waals surface area (Å²) in [5, 5.41) is 3.79. The third-order valence-corrected chi connectivity index (χ3v) is 2.82. The van der Waals surface area contributed by atoms with Gasteiger partial charge >= 0.3 is 0 Å². The largest absolute Gasteiger partial charge is 0.296 e. The van der Waals surface area contributed by atoms with Gasteiger partial charge in [0.15, 0.2) is 0 Å². The highest BCUT2D eigenvalue weighted by Crippen LogP contribution is 2.30. The Morgan fingerprint density at radius 1 is 1.27 bits per heavy atom. The average molecular weight is 164 g/mol. The zero-order valence-electron chi connectivity index (χ0n) is 6.16. The predicted octanol–water partition coefficient (Wildman–Crippen LogP) is 2.18. The van der Waals surface area contributed by atoms with Crippen molar-refractivity contribution < 1.29 is 0 Å². The summed E-state index contributed by atoms with van der Waals surface area (Å²) in [6.07, 6.45) is 0. The Kier molecular flexibility index (Phi) is 2.15. The normalized spacial score (nSPS) is 23.8. The maximum absolute atomic E-state index is 3.31. The molecule has 1 aromatic rings. The summed E-state index contributed by atoms with van der Waals surface area (Å²) in [6, 6.07) is 10.5. The lowest BCUT2D eigenvalue weighted by molar-refractivity contribution is 0.821. The van der Waals surface area contributed by atoms with Gasteiger partial charge in [0.05, 0.1) is 5.37 Å². The van der Waals surface area contributed by atoms with Crippen molar-refractivity contribution in [2.45, 2.75) is 5.37 Å². The van der Waals surface area contributed by atoms with Crippen LogP contribution in [0.4, 0.5) is 0 Å². The number of nitrogens with one attached hydrogen (secondary N) is 1. The third kappa shape index (κ3) is 1.57. The zero-order valence-corrected chi connectivity index (χ0v) is 6.97. The second-order valence-electron chi connectivity index (χ2n) is 2.49. The fraction of sp³-hybridized carbons (Fsp3) is 0.222. The molecule has 0 aliphatic carbocycles. The summed E-state index contributed by atoms with van der Waals surface area (Å²) < 4.78 is 0. The molecule has 1 radical (unpaired) electrons. The summed E-state index contributed by atoms with van der Waals surface area (Å²) in [5.74, 6) is 1.11. The first-order chi connectivity index (χ1) is 5.47. The van der Waals surface area contributed by atoms with E-state index in [2.05, 4.69) is 36.1 Å². The van der Waals surface area contributed by atoms with E-state index >= 15 is 0 Å². The highest BCUT2D eigenvalue weighted by atomic mass is 32.2. The van der Waals surface area contributed by atoms with Gasteiger partial charge in [0.2, 0.25) is 0 Å². The van der Waals surface area contributed by atoms with E-state index in [1.807, 2.05) is 17.8 Å². The van der Waals surface area contributed by atoms with Crippen molar-refractivity contribution in [3.8, 4) is 0 Å². The van der Waals surface area contributed by atoms with Crippen molar-refractivity contribution in [2.75, 3.05) is 5.75 Å². The molecule has 2 heteroatoms. The Balaban J connectivity index is 2.16. The van der Waals surface area contributed by atoms with E-state index < -0.39 is 0 Å². The molecule has 2 rings (SSSR count). The van der Waals surface area contributed by atoms with E-state index in [1.54, 1.807) is 0 Å². The smallest absolute Gasteiger partial charge is 0.0792 e. The van der Waals surface area contributed by atoms with Gasteiger partial charge in [-0.2, -0.15) is 0 Å². The molecule has 1 heterocycles. The summed E-state index contributed by atoms with van der Waals surface area (Å²) >= 11 is 1.93. The Bertz CT molecular complexity index is 216. The van der Waals surface area contributed by atoms with Crippen LogP contribution in [0.3, 0.4) is 0 Å². The number of thioether (sulfide) groups is 1. The number of benzene rings is 1. The lowest BCUT2D eigenvalue weighted by atomic mass is 10.2. The molecule has 1 saturated heterocycles. The molecule has 1 aliphatic heterocycles. The second kappa shape index (κ2) is 3.28. The highest BCUT2D eigenvalue weighted by molar-refractivity contribution is 7.99. The average Bonchev–Trinajstić information content (AvgIpc) is 2.58. The standard InChI is InChI=1S/C9H10NS/c1-2-4-8(5-3-1)9-10-6-7-11-9/h1-6,9-10H,7H2. The van der Waals surface area contributed by atoms with E-state index in [4.69, 9.17) is 0 Å². The summed E-state index contributed by atoms with van der Waals surface area (Å²) in [7, 11) is 0. The van der Waals surface area contributed by atoms with Gasteiger partial charge in [-0.25, -0.2) is 0 Å². The molecule has 1 aromatic carbocycles. The molecule has 1 atom stereocenters. The van der Waals surface area contributed by atoms with Gasteiger partial charge in [-0.1, -0.05) is 30.3 Å². The number of hydrogen-bond acceptors (Lipinski definition) is 2. The van der Waals surface area contributed by atoms with Gasteiger partial charge in [0, 0.05) is 12.3 Å². The van der Waals surface area contributed by atoms with E-state index in [1.165, 1.54) is 5.56 Å². The molecule has 0 saturated carbocycles. The molecule has 0 spiro atoms. The van der Waals surface area contributed by atoms with Gasteiger partial charge < -0.3 is 0 Å². The van der Waals surface area contributed by atoms with Gasteiger partial charge in [-0.3, -0.25) is 5.32 Å². The van der Waals surface area contributed by atoms with Crippen molar-refractivity contribution in [1.29, 1.82) is 0 Å². The monoisotopic (exact) mass is 164 g/mol. The van der Waals surface area contributed by atoms with Crippen LogP contribution < -0.4 is 5.32 Å². The molecule has 1 N–H and O–H groups in total. The molecule has 1 fully saturated rings. The second-order valence-corrected chi connectivity index (χ2v) is 3.63. The fourth-order valence-corrected chi connectivity index (χ4v) is 2.09. The van der Waals surface area contributed by atoms with Crippen LogP contribution >= 0.6 is 11.8 Å². The van der Waals surface area contributed by atoms with E-state index in [9.17, 15) is 0 Å². The molecular formula is C9H10NS. The molecule has 0 amide bonds. The lowest BCUT2D eigenvalue weighted by Crippen LogP contribution is -2.07. The molecule has 11 heavy (non-hydrogen) atoms. The number of hydrogen-bond donors (Lipinski definition) is 1. The molecule has 1 aliphatic rings. The first-order valence-electron chi connectivity index (χ1n) is 3.71. The van der Waals surface area contributed by atoms with E-state index in [-0.39, 0.29) is 0 Å². The Morgan fingerprint density at radius 3 is 2.73 bits per heavy atom. The van der Waals surface area contributed by atoms with Gasteiger partial charge in [0.25, 0.3) is 0 Å².